The summed E-state index contributed by atoms with van der Waals surface area (Å²) in [6, 6.07) is 0. The number of hydroxylamine groups is 2. The Balaban J connectivity index is 1.49. The van der Waals surface area contributed by atoms with Crippen molar-refractivity contribution in [3.05, 3.63) is 11.6 Å². The first-order chi connectivity index (χ1) is 15.1. The van der Waals surface area contributed by atoms with Crippen molar-refractivity contribution in [3.63, 3.8) is 0 Å². The molecule has 2 spiro atoms. The fraction of sp³-hybridized carbons (Fsp3) is 0.800. The van der Waals surface area contributed by atoms with Gasteiger partial charge in [0.15, 0.2) is 5.78 Å². The minimum Gasteiger partial charge on any atom is -0.458 e. The van der Waals surface area contributed by atoms with Crippen molar-refractivity contribution in [2.45, 2.75) is 82.5 Å². The third kappa shape index (κ3) is 2.22. The summed E-state index contributed by atoms with van der Waals surface area (Å²) >= 11 is 0. The highest BCUT2D eigenvalue weighted by atomic mass is 16.7. The third-order valence-electron chi connectivity index (χ3n) is 10.6. The molecule has 6 aliphatic rings. The smallest absolute Gasteiger partial charge is 0.306 e. The Hall–Kier alpha value is -1.73. The Bertz CT molecular complexity index is 960. The lowest BCUT2D eigenvalue weighted by atomic mass is 9.43. The molecule has 0 aromatic carbocycles. The van der Waals surface area contributed by atoms with Crippen molar-refractivity contribution in [3.8, 4) is 0 Å². The number of carbonyl (C=O) groups excluding carboxylic acids is 3. The van der Waals surface area contributed by atoms with Crippen LogP contribution in [0.15, 0.2) is 11.6 Å². The van der Waals surface area contributed by atoms with Crippen LogP contribution in [0.3, 0.4) is 0 Å². The molecular weight excluding hydrogens is 410 g/mol. The number of ketones is 1. The largest absolute Gasteiger partial charge is 0.458 e. The summed E-state index contributed by atoms with van der Waals surface area (Å²) in [6.07, 6.45) is 7.56. The number of hydrogen-bond acceptors (Lipinski definition) is 6. The molecule has 4 aliphatic carbocycles. The molecule has 174 valence electrons. The van der Waals surface area contributed by atoms with Gasteiger partial charge < -0.3 is 9.47 Å². The molecule has 7 nitrogen and oxygen atoms in total. The summed E-state index contributed by atoms with van der Waals surface area (Å²) < 4.78 is 12.8. The van der Waals surface area contributed by atoms with E-state index in [1.807, 2.05) is 0 Å². The second-order valence-corrected chi connectivity index (χ2v) is 11.5. The Labute approximate surface area is 188 Å². The van der Waals surface area contributed by atoms with Crippen LogP contribution in [0.25, 0.3) is 0 Å². The molecule has 0 aromatic heterocycles. The zero-order chi connectivity index (χ0) is 22.7. The maximum atomic E-state index is 13.6. The van der Waals surface area contributed by atoms with Gasteiger partial charge in [-0.3, -0.25) is 19.2 Å². The first-order valence-electron chi connectivity index (χ1n) is 12.1. The van der Waals surface area contributed by atoms with E-state index in [9.17, 15) is 14.4 Å². The molecular formula is C25H33NO6. The van der Waals surface area contributed by atoms with Gasteiger partial charge in [0.05, 0.1) is 19.1 Å². The first kappa shape index (κ1) is 20.8. The van der Waals surface area contributed by atoms with Crippen LogP contribution < -0.4 is 0 Å². The van der Waals surface area contributed by atoms with Gasteiger partial charge in [0.1, 0.15) is 11.2 Å². The summed E-state index contributed by atoms with van der Waals surface area (Å²) in [4.78, 5) is 43.5. The summed E-state index contributed by atoms with van der Waals surface area (Å²) in [5.41, 5.74) is -0.236. The SMILES string of the molecule is CON(C)C(=O)C1CC2=CC(=O)CC[C@]2(C)C23O[C@H]2C[C@@]2(C)C(CC[C@@]24CCC(=O)O4)C13. The summed E-state index contributed by atoms with van der Waals surface area (Å²) in [7, 11) is 3.17. The lowest BCUT2D eigenvalue weighted by molar-refractivity contribution is -0.186. The fourth-order valence-corrected chi connectivity index (χ4v) is 8.87. The van der Waals surface area contributed by atoms with Crippen molar-refractivity contribution >= 4 is 17.7 Å². The van der Waals surface area contributed by atoms with Crippen molar-refractivity contribution < 1.29 is 28.7 Å². The highest BCUT2D eigenvalue weighted by molar-refractivity contribution is 5.92. The molecule has 2 aliphatic heterocycles. The molecule has 3 saturated carbocycles. The number of carbonyl (C=O) groups is 3. The average Bonchev–Trinajstić information content (AvgIpc) is 3.25. The third-order valence-corrected chi connectivity index (χ3v) is 10.6. The predicted molar refractivity (Wildman–Crippen MR) is 113 cm³/mol. The highest BCUT2D eigenvalue weighted by Crippen LogP contribution is 2.78. The van der Waals surface area contributed by atoms with E-state index in [0.717, 1.165) is 37.7 Å². The van der Waals surface area contributed by atoms with Gasteiger partial charge >= 0.3 is 5.97 Å². The van der Waals surface area contributed by atoms with Crippen LogP contribution in [0, 0.1) is 28.6 Å². The van der Waals surface area contributed by atoms with E-state index in [2.05, 4.69) is 13.8 Å². The van der Waals surface area contributed by atoms with Crippen LogP contribution in [0.2, 0.25) is 0 Å². The Morgan fingerprint density at radius 1 is 1.19 bits per heavy atom. The van der Waals surface area contributed by atoms with Crippen LogP contribution in [0.4, 0.5) is 0 Å². The van der Waals surface area contributed by atoms with E-state index in [1.165, 1.54) is 12.2 Å². The minimum absolute atomic E-state index is 0.0189. The molecule has 5 fully saturated rings. The summed E-state index contributed by atoms with van der Waals surface area (Å²) in [6.45, 7) is 4.52. The van der Waals surface area contributed by atoms with Crippen LogP contribution in [-0.4, -0.2) is 54.2 Å². The van der Waals surface area contributed by atoms with Crippen LogP contribution in [0.5, 0.6) is 0 Å². The van der Waals surface area contributed by atoms with Gasteiger partial charge in [0.2, 0.25) is 5.91 Å². The molecule has 2 saturated heterocycles. The van der Waals surface area contributed by atoms with Crippen molar-refractivity contribution in [2.24, 2.45) is 28.6 Å². The van der Waals surface area contributed by atoms with Gasteiger partial charge in [-0.1, -0.05) is 19.4 Å². The Morgan fingerprint density at radius 2 is 1.97 bits per heavy atom. The molecule has 0 bridgehead atoms. The molecule has 6 rings (SSSR count). The number of amides is 1. The summed E-state index contributed by atoms with van der Waals surface area (Å²) in [5.74, 6) is -0.0755. The van der Waals surface area contributed by atoms with E-state index >= 15 is 0 Å². The first-order valence-corrected chi connectivity index (χ1v) is 12.1. The van der Waals surface area contributed by atoms with Crippen LogP contribution >= 0.6 is 0 Å². The van der Waals surface area contributed by atoms with Crippen LogP contribution in [-0.2, 0) is 28.7 Å². The second kappa shape index (κ2) is 6.23. The molecule has 0 aromatic rings. The zero-order valence-electron chi connectivity index (χ0n) is 19.4. The van der Waals surface area contributed by atoms with E-state index in [-0.39, 0.29) is 52.3 Å². The number of fused-ring (bicyclic) bond motifs is 4. The van der Waals surface area contributed by atoms with Gasteiger partial charge in [-0.05, 0) is 50.5 Å². The van der Waals surface area contributed by atoms with Crippen molar-refractivity contribution in [1.29, 1.82) is 0 Å². The van der Waals surface area contributed by atoms with Gasteiger partial charge in [0, 0.05) is 36.6 Å². The lowest BCUT2D eigenvalue weighted by Crippen LogP contribution is -2.64. The predicted octanol–water partition coefficient (Wildman–Crippen LogP) is 2.97. The molecule has 0 radical (unpaired) electrons. The van der Waals surface area contributed by atoms with Crippen LogP contribution in [0.1, 0.15) is 65.2 Å². The van der Waals surface area contributed by atoms with Crippen molar-refractivity contribution in [2.75, 3.05) is 14.2 Å². The minimum atomic E-state index is -0.437. The second-order valence-electron chi connectivity index (χ2n) is 11.5. The highest BCUT2D eigenvalue weighted by Gasteiger charge is 2.83. The van der Waals surface area contributed by atoms with Crippen molar-refractivity contribution in [1.82, 2.24) is 5.06 Å². The number of epoxide rings is 1. The maximum Gasteiger partial charge on any atom is 0.306 e. The number of esters is 1. The average molecular weight is 444 g/mol. The van der Waals surface area contributed by atoms with E-state index in [1.54, 1.807) is 13.1 Å². The fourth-order valence-electron chi connectivity index (χ4n) is 8.87. The molecule has 7 heteroatoms. The molecule has 8 atom stereocenters. The summed E-state index contributed by atoms with van der Waals surface area (Å²) in [5, 5.41) is 1.33. The van der Waals surface area contributed by atoms with Gasteiger partial charge in [-0.15, -0.1) is 0 Å². The lowest BCUT2D eigenvalue weighted by Gasteiger charge is -2.58. The monoisotopic (exact) mass is 443 g/mol. The number of ether oxygens (including phenoxy) is 2. The molecule has 1 amide bonds. The van der Waals surface area contributed by atoms with Gasteiger partial charge in [0.25, 0.3) is 0 Å². The van der Waals surface area contributed by atoms with E-state index in [4.69, 9.17) is 14.3 Å². The molecule has 0 N–H and O–H groups in total. The molecule has 4 unspecified atom stereocenters. The zero-order valence-corrected chi connectivity index (χ0v) is 19.4. The van der Waals surface area contributed by atoms with E-state index in [0.29, 0.717) is 19.3 Å². The van der Waals surface area contributed by atoms with Gasteiger partial charge in [-0.25, -0.2) is 5.06 Å². The molecule has 2 heterocycles. The van der Waals surface area contributed by atoms with Gasteiger partial charge in [-0.2, -0.15) is 0 Å². The Kier molecular flexibility index (Phi) is 4.06. The quantitative estimate of drug-likeness (QED) is 0.371. The maximum absolute atomic E-state index is 13.6. The standard InChI is InChI=1S/C25H33NO6/c1-22-8-5-15(27)11-14(22)12-16(21(29)26(3)30-4)20-17-6-9-24(10-7-19(28)32-24)23(17,2)13-18-25(20,22)31-18/h11,16-18,20H,5-10,12-13H2,1-4H3/t16?,17?,18-,20?,22-,23-,24+,25?/m0/s1. The molecule has 32 heavy (non-hydrogen) atoms. The number of hydrogen-bond donors (Lipinski definition) is 0. The number of rotatable bonds is 2. The topological polar surface area (TPSA) is 85.4 Å². The Morgan fingerprint density at radius 3 is 2.66 bits per heavy atom. The normalized spacial score (nSPS) is 50.7. The number of nitrogens with zero attached hydrogens (tertiary/aromatic N) is 1. The van der Waals surface area contributed by atoms with E-state index < -0.39 is 11.2 Å².